The maximum absolute atomic E-state index is 11.7. The van der Waals surface area contributed by atoms with Gasteiger partial charge in [0.25, 0.3) is 0 Å². The first kappa shape index (κ1) is 41.9. The van der Waals surface area contributed by atoms with Crippen LogP contribution >= 0.6 is 22.8 Å². The van der Waals surface area contributed by atoms with Crippen molar-refractivity contribution in [3.8, 4) is 0 Å². The summed E-state index contributed by atoms with van der Waals surface area (Å²) in [5.74, 6) is 0. The van der Waals surface area contributed by atoms with Crippen molar-refractivity contribution >= 4 is 67.4 Å². The van der Waals surface area contributed by atoms with E-state index in [9.17, 15) is 28.4 Å². The number of fused-ring (bicyclic) bond motifs is 2. The maximum atomic E-state index is 11.7. The fourth-order valence-corrected chi connectivity index (χ4v) is 7.03. The summed E-state index contributed by atoms with van der Waals surface area (Å²) < 4.78 is 32.6. The van der Waals surface area contributed by atoms with Gasteiger partial charge in [-0.2, -0.15) is 0 Å². The Bertz CT molecular complexity index is 1660. The molecule has 45 heavy (non-hydrogen) atoms. The molecule has 2 atom stereocenters. The second kappa shape index (κ2) is 19.0. The van der Waals surface area contributed by atoms with Crippen molar-refractivity contribution in [2.24, 2.45) is 0 Å². The van der Waals surface area contributed by atoms with Crippen molar-refractivity contribution in [3.05, 3.63) is 132 Å². The van der Waals surface area contributed by atoms with Gasteiger partial charge in [-0.3, -0.25) is 4.57 Å². The summed E-state index contributed by atoms with van der Waals surface area (Å²) in [6, 6.07) is 34.5. The molecule has 0 fully saturated rings. The van der Waals surface area contributed by atoms with E-state index in [0.717, 1.165) is 21.5 Å². The summed E-state index contributed by atoms with van der Waals surface area (Å²) in [5.41, 5.74) is 0.919. The molecule has 0 heterocycles. The van der Waals surface area contributed by atoms with E-state index in [4.69, 9.17) is 14.7 Å². The number of hydrogen-bond donors (Lipinski definition) is 3. The summed E-state index contributed by atoms with van der Waals surface area (Å²) in [6.45, 7) is 1.74. The van der Waals surface area contributed by atoms with E-state index in [2.05, 4.69) is 0 Å². The summed E-state index contributed by atoms with van der Waals surface area (Å²) >= 11 is 0. The Morgan fingerprint density at radius 1 is 0.622 bits per heavy atom. The monoisotopic (exact) mass is 688 g/mol. The van der Waals surface area contributed by atoms with Crippen LogP contribution in [0.4, 0.5) is 0 Å². The molecule has 5 aromatic rings. The largest absolute Gasteiger partial charge is 2.00 e. The van der Waals surface area contributed by atoms with Crippen molar-refractivity contribution in [3.63, 3.8) is 0 Å². The van der Waals surface area contributed by atoms with Gasteiger partial charge in [0, 0.05) is 11.8 Å². The minimum Gasteiger partial charge on any atom is -0.810 e. The first-order valence-electron chi connectivity index (χ1n) is 13.3. The molecule has 2 unspecified atom stereocenters. The second-order valence-electron chi connectivity index (χ2n) is 9.79. The molecule has 3 N–H and O–H groups in total. The molecule has 14 heteroatoms. The average molecular weight is 689 g/mol. The minimum atomic E-state index is -4.71. The Balaban J connectivity index is 0.000000361. The zero-order chi connectivity index (χ0) is 31.7. The Labute approximate surface area is 301 Å². The second-order valence-corrected chi connectivity index (χ2v) is 14.7. The molecular formula is C31H32MgNaO9P3. The summed E-state index contributed by atoms with van der Waals surface area (Å²) in [6.07, 6.45) is -0.177. The van der Waals surface area contributed by atoms with Crippen LogP contribution in [0.15, 0.2) is 115 Å². The van der Waals surface area contributed by atoms with Gasteiger partial charge in [0.05, 0.1) is 6.16 Å². The van der Waals surface area contributed by atoms with E-state index in [1.807, 2.05) is 60.7 Å². The standard InChI is InChI=1S/C17H17O3P.2C7H9O3P.Mg.Na/c1-2-16(21(18,19)20)17-14-9-5-3-7-12(14)11-13-8-4-6-10-15(13)17;2*8-11(9,10)6-7-4-2-1-3-5-7;;/h3-11,16H,2H2,1H3,(H2,18,19,20);2*1-5H,6H2,(H2,8,9,10);;/q;;;+2;+1/p-3. The first-order chi connectivity index (χ1) is 20.2. The molecule has 0 radical (unpaired) electrons. The van der Waals surface area contributed by atoms with Gasteiger partial charge >= 0.3 is 60.2 Å². The molecule has 0 aliphatic carbocycles. The SMILES string of the molecule is CCC(c1c2ccccc2cc2ccccc12)P(=O)([O-])[O-].O=P(O)(O)Cc1ccccc1.O=P([O-])(O)Cc1ccccc1.[Mg+2].[Na+]. The maximum Gasteiger partial charge on any atom is 2.00 e. The Morgan fingerprint density at radius 3 is 1.36 bits per heavy atom. The van der Waals surface area contributed by atoms with Crippen LogP contribution in [0, 0.1) is 0 Å². The molecule has 0 bridgehead atoms. The van der Waals surface area contributed by atoms with Gasteiger partial charge in [-0.15, -0.1) is 0 Å². The van der Waals surface area contributed by atoms with Crippen LogP contribution in [0.2, 0.25) is 0 Å². The predicted molar refractivity (Wildman–Crippen MR) is 170 cm³/mol. The van der Waals surface area contributed by atoms with Gasteiger partial charge in [0.1, 0.15) is 7.60 Å². The summed E-state index contributed by atoms with van der Waals surface area (Å²) in [4.78, 5) is 59.5. The normalized spacial score (nSPS) is 13.0. The third-order valence-corrected chi connectivity index (χ3v) is 9.30. The zero-order valence-corrected chi connectivity index (χ0v) is 31.1. The molecule has 0 amide bonds. The topological polar surface area (TPSA) is 181 Å². The van der Waals surface area contributed by atoms with E-state index < -0.39 is 28.4 Å². The Hall–Kier alpha value is -1.16. The van der Waals surface area contributed by atoms with E-state index >= 15 is 0 Å². The van der Waals surface area contributed by atoms with E-state index in [1.165, 1.54) is 0 Å². The molecule has 5 aromatic carbocycles. The quantitative estimate of drug-likeness (QED) is 0.131. The molecule has 5 rings (SSSR count). The van der Waals surface area contributed by atoms with E-state index in [1.54, 1.807) is 61.5 Å². The number of benzene rings is 5. The van der Waals surface area contributed by atoms with Gasteiger partial charge in [0.2, 0.25) is 0 Å². The Morgan fingerprint density at radius 2 is 1.00 bits per heavy atom. The molecular weight excluding hydrogens is 657 g/mol. The van der Waals surface area contributed by atoms with Crippen LogP contribution in [0.1, 0.15) is 35.7 Å². The van der Waals surface area contributed by atoms with E-state index in [0.29, 0.717) is 16.7 Å². The smallest absolute Gasteiger partial charge is 0.810 e. The van der Waals surface area contributed by atoms with E-state index in [-0.39, 0.29) is 71.4 Å². The molecule has 0 aliphatic rings. The predicted octanol–water partition coefficient (Wildman–Crippen LogP) is 2.08. The van der Waals surface area contributed by atoms with Crippen LogP contribution < -0.4 is 44.2 Å². The van der Waals surface area contributed by atoms with Crippen LogP contribution in [0.3, 0.4) is 0 Å². The van der Waals surface area contributed by atoms with Gasteiger partial charge in [-0.1, -0.05) is 124 Å². The van der Waals surface area contributed by atoms with Gasteiger partial charge in [0.15, 0.2) is 0 Å². The van der Waals surface area contributed by atoms with Crippen molar-refractivity contribution in [2.45, 2.75) is 31.3 Å². The molecule has 0 spiro atoms. The van der Waals surface area contributed by atoms with Crippen molar-refractivity contribution < 1.29 is 72.6 Å². The van der Waals surface area contributed by atoms with Crippen molar-refractivity contribution in [2.75, 3.05) is 0 Å². The molecule has 0 aliphatic heterocycles. The van der Waals surface area contributed by atoms with Gasteiger partial charge in [-0.05, 0) is 50.7 Å². The van der Waals surface area contributed by atoms with Crippen LogP contribution in [0.25, 0.3) is 21.5 Å². The number of hydrogen-bond acceptors (Lipinski definition) is 6. The zero-order valence-electron chi connectivity index (χ0n) is 25.0. The summed E-state index contributed by atoms with van der Waals surface area (Å²) in [7, 11) is -12.7. The van der Waals surface area contributed by atoms with Gasteiger partial charge in [-0.25, -0.2) is 0 Å². The first-order valence-corrected chi connectivity index (χ1v) is 18.4. The van der Waals surface area contributed by atoms with Crippen molar-refractivity contribution in [1.29, 1.82) is 0 Å². The average Bonchev–Trinajstić information content (AvgIpc) is 2.92. The fourth-order valence-electron chi connectivity index (χ4n) is 4.63. The third-order valence-electron chi connectivity index (χ3n) is 6.37. The van der Waals surface area contributed by atoms with Crippen LogP contribution in [-0.4, -0.2) is 37.7 Å². The van der Waals surface area contributed by atoms with Crippen LogP contribution in [-0.2, 0) is 26.0 Å². The summed E-state index contributed by atoms with van der Waals surface area (Å²) in [5, 5.41) is 3.60. The molecule has 0 saturated heterocycles. The fraction of sp³-hybridized carbons (Fsp3) is 0.161. The molecule has 0 saturated carbocycles. The van der Waals surface area contributed by atoms with Crippen LogP contribution in [0.5, 0.6) is 0 Å². The third kappa shape index (κ3) is 14.2. The molecule has 0 aromatic heterocycles. The molecule has 228 valence electrons. The Kier molecular flexibility index (Phi) is 17.7. The molecule has 9 nitrogen and oxygen atoms in total. The number of rotatable bonds is 7. The minimum absolute atomic E-state index is 0. The van der Waals surface area contributed by atoms with Gasteiger partial charge < -0.3 is 38.5 Å². The van der Waals surface area contributed by atoms with Crippen molar-refractivity contribution in [1.82, 2.24) is 0 Å².